The lowest BCUT2D eigenvalue weighted by atomic mass is 10.0. The third-order valence-corrected chi connectivity index (χ3v) is 4.46. The second-order valence-corrected chi connectivity index (χ2v) is 6.98. The molecule has 2 N–H and O–H groups in total. The average Bonchev–Trinajstić information content (AvgIpc) is 2.69. The molecule has 2 amide bonds. The lowest BCUT2D eigenvalue weighted by Crippen LogP contribution is -2.29. The van der Waals surface area contributed by atoms with Gasteiger partial charge < -0.3 is 20.1 Å². The van der Waals surface area contributed by atoms with Gasteiger partial charge in [-0.05, 0) is 31.0 Å². The minimum absolute atomic E-state index is 0.105. The summed E-state index contributed by atoms with van der Waals surface area (Å²) in [5.74, 6) is 0.811. The molecule has 0 saturated carbocycles. The van der Waals surface area contributed by atoms with Crippen molar-refractivity contribution < 1.29 is 19.1 Å². The van der Waals surface area contributed by atoms with Gasteiger partial charge in [-0.25, -0.2) is 0 Å². The van der Waals surface area contributed by atoms with Crippen LogP contribution in [-0.4, -0.2) is 25.5 Å². The first-order valence-corrected chi connectivity index (χ1v) is 9.87. The Labute approximate surface area is 172 Å². The molecule has 1 atom stereocenters. The maximum atomic E-state index is 12.8. The predicted octanol–water partition coefficient (Wildman–Crippen LogP) is 4.39. The first-order valence-electron chi connectivity index (χ1n) is 9.87. The van der Waals surface area contributed by atoms with Crippen molar-refractivity contribution in [2.24, 2.45) is 0 Å². The Kier molecular flexibility index (Phi) is 8.52. The van der Waals surface area contributed by atoms with E-state index < -0.39 is 6.04 Å². The third-order valence-electron chi connectivity index (χ3n) is 4.46. The van der Waals surface area contributed by atoms with E-state index in [9.17, 15) is 9.59 Å². The SMILES string of the molecule is CCCCOc1ccc(OC)cc1NC(=O)CC(NC(C)=O)c1ccc(C)cc1. The number of carbonyl (C=O) groups excluding carboxylic acids is 2. The predicted molar refractivity (Wildman–Crippen MR) is 114 cm³/mol. The van der Waals surface area contributed by atoms with Gasteiger partial charge in [-0.15, -0.1) is 0 Å². The molecule has 6 nitrogen and oxygen atoms in total. The lowest BCUT2D eigenvalue weighted by Gasteiger charge is -2.19. The highest BCUT2D eigenvalue weighted by molar-refractivity contribution is 5.93. The number of anilines is 1. The molecule has 0 radical (unpaired) electrons. The fourth-order valence-corrected chi connectivity index (χ4v) is 2.87. The molecule has 0 bridgehead atoms. The number of hydrogen-bond donors (Lipinski definition) is 2. The maximum absolute atomic E-state index is 12.8. The molecule has 2 aromatic carbocycles. The molecule has 29 heavy (non-hydrogen) atoms. The summed E-state index contributed by atoms with van der Waals surface area (Å²) in [5.41, 5.74) is 2.55. The number of amides is 2. The van der Waals surface area contributed by atoms with Gasteiger partial charge in [-0.2, -0.15) is 0 Å². The van der Waals surface area contributed by atoms with E-state index in [4.69, 9.17) is 9.47 Å². The Hall–Kier alpha value is -3.02. The van der Waals surface area contributed by atoms with Crippen LogP contribution in [0, 0.1) is 6.92 Å². The molecule has 0 aliphatic carbocycles. The van der Waals surface area contributed by atoms with Crippen LogP contribution in [0.3, 0.4) is 0 Å². The van der Waals surface area contributed by atoms with E-state index in [-0.39, 0.29) is 18.2 Å². The molecule has 0 aliphatic heterocycles. The summed E-state index contributed by atoms with van der Waals surface area (Å²) in [6.45, 7) is 6.10. The van der Waals surface area contributed by atoms with Crippen LogP contribution in [0.2, 0.25) is 0 Å². The number of ether oxygens (including phenoxy) is 2. The van der Waals surface area contributed by atoms with Crippen LogP contribution < -0.4 is 20.1 Å². The summed E-state index contributed by atoms with van der Waals surface area (Å²) >= 11 is 0. The number of nitrogens with one attached hydrogen (secondary N) is 2. The first kappa shape index (κ1) is 22.3. The first-order chi connectivity index (χ1) is 13.9. The summed E-state index contributed by atoms with van der Waals surface area (Å²) in [5, 5.41) is 5.76. The zero-order valence-electron chi connectivity index (χ0n) is 17.6. The number of benzene rings is 2. The van der Waals surface area contributed by atoms with Crippen molar-refractivity contribution in [2.75, 3.05) is 19.0 Å². The van der Waals surface area contributed by atoms with Crippen molar-refractivity contribution in [3.05, 3.63) is 53.6 Å². The Balaban J connectivity index is 2.15. The lowest BCUT2D eigenvalue weighted by molar-refractivity contribution is -0.120. The van der Waals surface area contributed by atoms with Gasteiger partial charge in [0.25, 0.3) is 0 Å². The Morgan fingerprint density at radius 2 is 1.83 bits per heavy atom. The number of unbranched alkanes of at least 4 members (excludes halogenated alkanes) is 1. The quantitative estimate of drug-likeness (QED) is 0.582. The molecule has 0 heterocycles. The van der Waals surface area contributed by atoms with E-state index >= 15 is 0 Å². The fraction of sp³-hybridized carbons (Fsp3) is 0.391. The Bertz CT molecular complexity index is 818. The van der Waals surface area contributed by atoms with E-state index in [1.807, 2.05) is 31.2 Å². The number of carbonyl (C=O) groups is 2. The van der Waals surface area contributed by atoms with Crippen LogP contribution in [0.4, 0.5) is 5.69 Å². The highest BCUT2D eigenvalue weighted by atomic mass is 16.5. The smallest absolute Gasteiger partial charge is 0.226 e. The molecule has 2 rings (SSSR count). The summed E-state index contributed by atoms with van der Waals surface area (Å²) in [6, 6.07) is 12.7. The molecular weight excluding hydrogens is 368 g/mol. The van der Waals surface area contributed by atoms with Gasteiger partial charge in [-0.1, -0.05) is 43.2 Å². The third kappa shape index (κ3) is 7.14. The van der Waals surface area contributed by atoms with Gasteiger partial charge in [0.05, 0.1) is 31.9 Å². The molecule has 156 valence electrons. The Morgan fingerprint density at radius 3 is 2.45 bits per heavy atom. The number of hydrogen-bond acceptors (Lipinski definition) is 4. The van der Waals surface area contributed by atoms with Crippen molar-refractivity contribution in [2.45, 2.75) is 46.1 Å². The average molecular weight is 399 g/mol. The monoisotopic (exact) mass is 398 g/mol. The van der Waals surface area contributed by atoms with Crippen LogP contribution in [0.15, 0.2) is 42.5 Å². The van der Waals surface area contributed by atoms with Crippen molar-refractivity contribution in [3.8, 4) is 11.5 Å². The summed E-state index contributed by atoms with van der Waals surface area (Å²) in [6.07, 6.45) is 2.05. The van der Waals surface area contributed by atoms with Crippen LogP contribution >= 0.6 is 0 Å². The zero-order chi connectivity index (χ0) is 21.2. The van der Waals surface area contributed by atoms with E-state index in [0.29, 0.717) is 23.8 Å². The molecule has 0 spiro atoms. The minimum atomic E-state index is -0.414. The van der Waals surface area contributed by atoms with E-state index in [0.717, 1.165) is 24.0 Å². The van der Waals surface area contributed by atoms with Crippen LogP contribution in [0.5, 0.6) is 11.5 Å². The van der Waals surface area contributed by atoms with Gasteiger partial charge in [-0.3, -0.25) is 9.59 Å². The van der Waals surface area contributed by atoms with Crippen LogP contribution in [0.25, 0.3) is 0 Å². The van der Waals surface area contributed by atoms with Gasteiger partial charge >= 0.3 is 0 Å². The van der Waals surface area contributed by atoms with Crippen molar-refractivity contribution >= 4 is 17.5 Å². The largest absolute Gasteiger partial charge is 0.497 e. The molecule has 1 unspecified atom stereocenters. The number of aryl methyl sites for hydroxylation is 1. The fourth-order valence-electron chi connectivity index (χ4n) is 2.87. The molecule has 2 aromatic rings. The number of rotatable bonds is 10. The van der Waals surface area contributed by atoms with Crippen molar-refractivity contribution in [1.29, 1.82) is 0 Å². The van der Waals surface area contributed by atoms with Gasteiger partial charge in [0.15, 0.2) is 0 Å². The number of methoxy groups -OCH3 is 1. The van der Waals surface area contributed by atoms with Crippen molar-refractivity contribution in [1.82, 2.24) is 5.32 Å². The molecule has 0 fully saturated rings. The van der Waals surface area contributed by atoms with E-state index in [2.05, 4.69) is 17.6 Å². The van der Waals surface area contributed by atoms with Crippen LogP contribution in [0.1, 0.15) is 50.3 Å². The van der Waals surface area contributed by atoms with Gasteiger partial charge in [0, 0.05) is 13.0 Å². The zero-order valence-corrected chi connectivity index (χ0v) is 17.6. The summed E-state index contributed by atoms with van der Waals surface area (Å²) in [4.78, 5) is 24.4. The molecule has 0 saturated heterocycles. The molecule has 0 aromatic heterocycles. The minimum Gasteiger partial charge on any atom is -0.497 e. The van der Waals surface area contributed by atoms with Crippen molar-refractivity contribution in [3.63, 3.8) is 0 Å². The van der Waals surface area contributed by atoms with Gasteiger partial charge in [0.2, 0.25) is 11.8 Å². The standard InChI is InChI=1S/C23H30N2O4/c1-5-6-13-29-22-12-11-19(28-4)14-21(22)25-23(27)15-20(24-17(3)26)18-9-7-16(2)8-10-18/h7-12,14,20H,5-6,13,15H2,1-4H3,(H,24,26)(H,25,27). The van der Waals surface area contributed by atoms with E-state index in [1.54, 1.807) is 25.3 Å². The maximum Gasteiger partial charge on any atom is 0.226 e. The second-order valence-electron chi connectivity index (χ2n) is 6.98. The molecule has 0 aliphatic rings. The highest BCUT2D eigenvalue weighted by Gasteiger charge is 2.18. The second kappa shape index (κ2) is 11.1. The summed E-state index contributed by atoms with van der Waals surface area (Å²) in [7, 11) is 1.57. The molecular formula is C23H30N2O4. The summed E-state index contributed by atoms with van der Waals surface area (Å²) < 4.78 is 11.1. The highest BCUT2D eigenvalue weighted by Crippen LogP contribution is 2.30. The van der Waals surface area contributed by atoms with E-state index in [1.165, 1.54) is 6.92 Å². The molecule has 6 heteroatoms. The topological polar surface area (TPSA) is 76.7 Å². The Morgan fingerprint density at radius 1 is 1.10 bits per heavy atom. The normalized spacial score (nSPS) is 11.4. The van der Waals surface area contributed by atoms with Gasteiger partial charge in [0.1, 0.15) is 11.5 Å². The van der Waals surface area contributed by atoms with Crippen LogP contribution in [-0.2, 0) is 9.59 Å².